The highest BCUT2D eigenvalue weighted by Gasteiger charge is 2.34. The lowest BCUT2D eigenvalue weighted by Crippen LogP contribution is -2.41. The Hall–Kier alpha value is -2.37. The number of carbonyl (C=O) groups excluding carboxylic acids is 2. The van der Waals surface area contributed by atoms with Crippen LogP contribution in [0.25, 0.3) is 0 Å². The first-order valence-corrected chi connectivity index (χ1v) is 7.14. The molecule has 1 aromatic rings. The highest BCUT2D eigenvalue weighted by atomic mass is 16.5. The Bertz CT molecular complexity index is 611. The molecular weight excluding hydrogens is 286 g/mol. The summed E-state index contributed by atoms with van der Waals surface area (Å²) in [6.07, 6.45) is 1.19. The van der Waals surface area contributed by atoms with Crippen molar-refractivity contribution in [2.45, 2.75) is 32.2 Å². The number of hydrogen-bond acceptors (Lipinski definition) is 4. The molecule has 1 amide bonds. The molecule has 1 aliphatic rings. The van der Waals surface area contributed by atoms with E-state index in [1.807, 2.05) is 0 Å². The summed E-state index contributed by atoms with van der Waals surface area (Å²) >= 11 is 0. The van der Waals surface area contributed by atoms with Gasteiger partial charge in [0.25, 0.3) is 0 Å². The minimum atomic E-state index is -0.977. The predicted octanol–water partition coefficient (Wildman–Crippen LogP) is 1.52. The van der Waals surface area contributed by atoms with Gasteiger partial charge in [0, 0.05) is 17.7 Å². The summed E-state index contributed by atoms with van der Waals surface area (Å²) in [5, 5.41) is 9.15. The molecule has 0 aliphatic carbocycles. The van der Waals surface area contributed by atoms with Gasteiger partial charge < -0.3 is 14.7 Å². The van der Waals surface area contributed by atoms with E-state index in [0.717, 1.165) is 0 Å². The number of ketones is 1. The highest BCUT2D eigenvalue weighted by Crippen LogP contribution is 2.24. The standard InChI is InChI=1S/C16H19NO5/c1-10(18)11-5-6-14(22-2)12(8-11)9-15(19)17-7-3-4-13(17)16(20)21/h5-6,8,13H,3-4,7,9H2,1-2H3,(H,20,21). The molecule has 0 aromatic heterocycles. The van der Waals surface area contributed by atoms with Gasteiger partial charge in [-0.3, -0.25) is 9.59 Å². The zero-order valence-electron chi connectivity index (χ0n) is 12.7. The van der Waals surface area contributed by atoms with Crippen molar-refractivity contribution in [2.24, 2.45) is 0 Å². The van der Waals surface area contributed by atoms with Crippen LogP contribution in [-0.2, 0) is 16.0 Å². The number of methoxy groups -OCH3 is 1. The lowest BCUT2D eigenvalue weighted by Gasteiger charge is -2.22. The monoisotopic (exact) mass is 305 g/mol. The molecule has 1 aromatic carbocycles. The van der Waals surface area contributed by atoms with Crippen LogP contribution in [0.5, 0.6) is 5.75 Å². The second-order valence-corrected chi connectivity index (χ2v) is 5.34. The Morgan fingerprint density at radius 2 is 2.09 bits per heavy atom. The van der Waals surface area contributed by atoms with Crippen LogP contribution in [0.1, 0.15) is 35.7 Å². The maximum absolute atomic E-state index is 12.4. The lowest BCUT2D eigenvalue weighted by atomic mass is 10.0. The molecular formula is C16H19NO5. The number of rotatable bonds is 5. The van der Waals surface area contributed by atoms with Gasteiger partial charge in [0.15, 0.2) is 5.78 Å². The van der Waals surface area contributed by atoms with Gasteiger partial charge in [-0.05, 0) is 38.0 Å². The number of aliphatic carboxylic acids is 1. The maximum Gasteiger partial charge on any atom is 0.326 e. The van der Waals surface area contributed by atoms with Crippen LogP contribution < -0.4 is 4.74 Å². The van der Waals surface area contributed by atoms with Gasteiger partial charge in [-0.15, -0.1) is 0 Å². The number of likely N-dealkylation sites (tertiary alicyclic amines) is 1. The van der Waals surface area contributed by atoms with Crippen molar-refractivity contribution in [1.29, 1.82) is 0 Å². The van der Waals surface area contributed by atoms with Crippen LogP contribution in [0.3, 0.4) is 0 Å². The minimum Gasteiger partial charge on any atom is -0.496 e. The molecule has 6 nitrogen and oxygen atoms in total. The molecule has 118 valence electrons. The van der Waals surface area contributed by atoms with Gasteiger partial charge in [0.2, 0.25) is 5.91 Å². The number of carboxylic acids is 1. The number of amides is 1. The molecule has 1 atom stereocenters. The van der Waals surface area contributed by atoms with Gasteiger partial charge in [-0.25, -0.2) is 4.79 Å². The van der Waals surface area contributed by atoms with E-state index in [4.69, 9.17) is 9.84 Å². The van der Waals surface area contributed by atoms with Crippen LogP contribution in [0, 0.1) is 0 Å². The van der Waals surface area contributed by atoms with Gasteiger partial charge in [0.05, 0.1) is 13.5 Å². The van der Waals surface area contributed by atoms with E-state index in [1.54, 1.807) is 18.2 Å². The number of carbonyl (C=O) groups is 3. The summed E-state index contributed by atoms with van der Waals surface area (Å²) < 4.78 is 5.22. The Kier molecular flexibility index (Phi) is 4.80. The normalized spacial score (nSPS) is 17.4. The second kappa shape index (κ2) is 6.60. The SMILES string of the molecule is COc1ccc(C(C)=O)cc1CC(=O)N1CCCC1C(=O)O. The Morgan fingerprint density at radius 3 is 2.68 bits per heavy atom. The van der Waals surface area contributed by atoms with E-state index in [2.05, 4.69) is 0 Å². The van der Waals surface area contributed by atoms with Crippen LogP contribution in [-0.4, -0.2) is 47.4 Å². The molecule has 6 heteroatoms. The summed E-state index contributed by atoms with van der Waals surface area (Å²) in [5.74, 6) is -0.815. The Labute approximate surface area is 128 Å². The molecule has 0 radical (unpaired) electrons. The third kappa shape index (κ3) is 3.27. The summed E-state index contributed by atoms with van der Waals surface area (Å²) in [5.41, 5.74) is 1.09. The number of benzene rings is 1. The largest absolute Gasteiger partial charge is 0.496 e. The minimum absolute atomic E-state index is 0.0219. The fraction of sp³-hybridized carbons (Fsp3) is 0.438. The first kappa shape index (κ1) is 16.0. The van der Waals surface area contributed by atoms with Crippen molar-refractivity contribution in [3.8, 4) is 5.75 Å². The van der Waals surface area contributed by atoms with Crippen LogP contribution in [0.4, 0.5) is 0 Å². The zero-order chi connectivity index (χ0) is 16.3. The molecule has 2 rings (SSSR count). The van der Waals surface area contributed by atoms with Gasteiger partial charge in [-0.2, -0.15) is 0 Å². The fourth-order valence-corrected chi connectivity index (χ4v) is 2.72. The van der Waals surface area contributed by atoms with E-state index in [1.165, 1.54) is 18.9 Å². The van der Waals surface area contributed by atoms with Crippen LogP contribution in [0.2, 0.25) is 0 Å². The molecule has 1 saturated heterocycles. The van der Waals surface area contributed by atoms with E-state index in [9.17, 15) is 14.4 Å². The maximum atomic E-state index is 12.4. The number of Topliss-reactive ketones (excluding diaryl/α,β-unsaturated/α-hetero) is 1. The van der Waals surface area contributed by atoms with Crippen LogP contribution >= 0.6 is 0 Å². The first-order valence-electron chi connectivity index (χ1n) is 7.14. The average molecular weight is 305 g/mol. The molecule has 0 bridgehead atoms. The van der Waals surface area contributed by atoms with Crippen molar-refractivity contribution in [2.75, 3.05) is 13.7 Å². The summed E-state index contributed by atoms with van der Waals surface area (Å²) in [7, 11) is 1.49. The van der Waals surface area contributed by atoms with Gasteiger partial charge >= 0.3 is 5.97 Å². The summed E-state index contributed by atoms with van der Waals surface area (Å²) in [6.45, 7) is 1.90. The van der Waals surface area contributed by atoms with E-state index >= 15 is 0 Å². The van der Waals surface area contributed by atoms with Crippen molar-refractivity contribution >= 4 is 17.7 Å². The zero-order valence-corrected chi connectivity index (χ0v) is 12.7. The summed E-state index contributed by atoms with van der Waals surface area (Å²) in [6, 6.07) is 4.17. The smallest absolute Gasteiger partial charge is 0.326 e. The third-order valence-corrected chi connectivity index (χ3v) is 3.89. The molecule has 1 N–H and O–H groups in total. The second-order valence-electron chi connectivity index (χ2n) is 5.34. The molecule has 1 unspecified atom stereocenters. The van der Waals surface area contributed by atoms with Gasteiger partial charge in [-0.1, -0.05) is 0 Å². The van der Waals surface area contributed by atoms with E-state index in [-0.39, 0.29) is 18.1 Å². The van der Waals surface area contributed by atoms with Crippen molar-refractivity contribution in [3.63, 3.8) is 0 Å². The van der Waals surface area contributed by atoms with Crippen molar-refractivity contribution in [1.82, 2.24) is 4.90 Å². The first-order chi connectivity index (χ1) is 10.4. The number of ether oxygens (including phenoxy) is 1. The third-order valence-electron chi connectivity index (χ3n) is 3.89. The number of carboxylic acid groups (broad SMARTS) is 1. The van der Waals surface area contributed by atoms with Gasteiger partial charge in [0.1, 0.15) is 11.8 Å². The Balaban J connectivity index is 2.22. The lowest BCUT2D eigenvalue weighted by molar-refractivity contribution is -0.148. The van der Waals surface area contributed by atoms with E-state index < -0.39 is 12.0 Å². The Morgan fingerprint density at radius 1 is 1.36 bits per heavy atom. The molecule has 0 saturated carbocycles. The number of nitrogens with zero attached hydrogens (tertiary/aromatic N) is 1. The number of hydrogen-bond donors (Lipinski definition) is 1. The van der Waals surface area contributed by atoms with E-state index in [0.29, 0.717) is 36.3 Å². The molecule has 1 heterocycles. The molecule has 22 heavy (non-hydrogen) atoms. The highest BCUT2D eigenvalue weighted by molar-refractivity contribution is 5.95. The average Bonchev–Trinajstić information content (AvgIpc) is 2.96. The van der Waals surface area contributed by atoms with Crippen molar-refractivity contribution in [3.05, 3.63) is 29.3 Å². The summed E-state index contributed by atoms with van der Waals surface area (Å²) in [4.78, 5) is 36.4. The quantitative estimate of drug-likeness (QED) is 0.834. The molecule has 0 spiro atoms. The fourth-order valence-electron chi connectivity index (χ4n) is 2.72. The van der Waals surface area contributed by atoms with Crippen molar-refractivity contribution < 1.29 is 24.2 Å². The molecule has 1 aliphatic heterocycles. The predicted molar refractivity (Wildman–Crippen MR) is 79.1 cm³/mol. The van der Waals surface area contributed by atoms with Crippen LogP contribution in [0.15, 0.2) is 18.2 Å². The molecule has 1 fully saturated rings. The topological polar surface area (TPSA) is 83.9 Å².